The number of aryl methyl sites for hydroxylation is 1. The van der Waals surface area contributed by atoms with Crippen molar-refractivity contribution in [3.63, 3.8) is 0 Å². The van der Waals surface area contributed by atoms with Gasteiger partial charge in [-0.25, -0.2) is 17.2 Å². The van der Waals surface area contributed by atoms with Crippen molar-refractivity contribution >= 4 is 15.7 Å². The van der Waals surface area contributed by atoms with Gasteiger partial charge in [0.1, 0.15) is 0 Å². The second-order valence-corrected chi connectivity index (χ2v) is 12.3. The molecule has 9 heteroatoms. The van der Waals surface area contributed by atoms with Crippen molar-refractivity contribution in [3.8, 4) is 11.5 Å². The molecule has 1 aliphatic heterocycles. The van der Waals surface area contributed by atoms with Crippen LogP contribution in [0.25, 0.3) is 0 Å². The molecular formula is C27H31F2NO5S. The van der Waals surface area contributed by atoms with Gasteiger partial charge >= 0.3 is 0 Å². The Kier molecular flexibility index (Phi) is 6.70. The highest BCUT2D eigenvalue weighted by Gasteiger charge is 2.46. The van der Waals surface area contributed by atoms with Gasteiger partial charge < -0.3 is 14.4 Å². The van der Waals surface area contributed by atoms with Crippen LogP contribution in [0.5, 0.6) is 11.5 Å². The van der Waals surface area contributed by atoms with Crippen LogP contribution in [0.2, 0.25) is 0 Å². The van der Waals surface area contributed by atoms with Gasteiger partial charge in [-0.05, 0) is 62.4 Å². The fourth-order valence-electron chi connectivity index (χ4n) is 5.66. The highest BCUT2D eigenvalue weighted by atomic mass is 32.2. The van der Waals surface area contributed by atoms with Gasteiger partial charge in [0.15, 0.2) is 21.3 Å². The Morgan fingerprint density at radius 1 is 1.00 bits per heavy atom. The number of carbonyl (C=O) groups is 1. The number of fused-ring (bicyclic) bond motifs is 1. The van der Waals surface area contributed by atoms with Gasteiger partial charge in [-0.2, -0.15) is 0 Å². The van der Waals surface area contributed by atoms with Crippen molar-refractivity contribution in [3.05, 3.63) is 53.6 Å². The van der Waals surface area contributed by atoms with Crippen LogP contribution in [0.1, 0.15) is 56.1 Å². The zero-order valence-electron chi connectivity index (χ0n) is 20.3. The van der Waals surface area contributed by atoms with Crippen LogP contribution in [0.3, 0.4) is 0 Å². The van der Waals surface area contributed by atoms with Crippen LogP contribution in [0.15, 0.2) is 47.4 Å². The number of amides is 1. The Hall–Kier alpha value is -2.68. The molecule has 2 aromatic rings. The molecule has 6 nitrogen and oxygen atoms in total. The van der Waals surface area contributed by atoms with E-state index in [1.807, 2.05) is 13.0 Å². The Balaban J connectivity index is 1.42. The summed E-state index contributed by atoms with van der Waals surface area (Å²) in [6.07, 6.45) is 1.32. The maximum Gasteiger partial charge on any atom is 0.248 e. The summed E-state index contributed by atoms with van der Waals surface area (Å²) in [6.45, 7) is 2.22. The summed E-state index contributed by atoms with van der Waals surface area (Å²) in [5.41, 5.74) is 1.75. The lowest BCUT2D eigenvalue weighted by atomic mass is 9.89. The number of sulfone groups is 1. The fourth-order valence-corrected chi connectivity index (χ4v) is 7.68. The van der Waals surface area contributed by atoms with E-state index in [2.05, 4.69) is 0 Å². The minimum absolute atomic E-state index is 0.125. The van der Waals surface area contributed by atoms with E-state index < -0.39 is 26.9 Å². The number of alkyl halides is 2. The zero-order valence-corrected chi connectivity index (χ0v) is 21.1. The minimum Gasteiger partial charge on any atom is -0.454 e. The molecule has 5 rings (SSSR count). The topological polar surface area (TPSA) is 72.9 Å². The van der Waals surface area contributed by atoms with Crippen LogP contribution in [0.4, 0.5) is 8.78 Å². The van der Waals surface area contributed by atoms with Gasteiger partial charge in [-0.15, -0.1) is 0 Å². The first-order valence-electron chi connectivity index (χ1n) is 12.5. The molecule has 0 radical (unpaired) electrons. The van der Waals surface area contributed by atoms with E-state index in [4.69, 9.17) is 9.47 Å². The average Bonchev–Trinajstić information content (AvgIpc) is 3.52. The lowest BCUT2D eigenvalue weighted by Gasteiger charge is -2.39. The van der Waals surface area contributed by atoms with Gasteiger partial charge in [0.25, 0.3) is 0 Å². The maximum absolute atomic E-state index is 14.0. The molecular weight excluding hydrogens is 488 g/mol. The standard InChI is InChI=1S/C27H31F2NO5S/c1-18-5-8-21(9-6-18)36(32,33)25-4-2-3-22(25)26(31)30(20-11-13-27(28,29)14-12-20)16-19-7-10-23-24(15-19)35-17-34-23/h5-10,15,20,22,25H,2-4,11-14,16-17H2,1H3/t22-,25-/m0/s1. The molecule has 0 spiro atoms. The molecule has 0 unspecified atom stereocenters. The van der Waals surface area contributed by atoms with Crippen molar-refractivity contribution in [1.82, 2.24) is 4.90 Å². The normalized spacial score (nSPS) is 23.5. The van der Waals surface area contributed by atoms with Crippen molar-refractivity contribution in [1.29, 1.82) is 0 Å². The number of benzene rings is 2. The van der Waals surface area contributed by atoms with Gasteiger partial charge in [-0.1, -0.05) is 30.2 Å². The van der Waals surface area contributed by atoms with Crippen molar-refractivity contribution in [2.24, 2.45) is 5.92 Å². The monoisotopic (exact) mass is 519 g/mol. The maximum atomic E-state index is 14.0. The first kappa shape index (κ1) is 25.0. The Morgan fingerprint density at radius 3 is 2.42 bits per heavy atom. The predicted octanol–water partition coefficient (Wildman–Crippen LogP) is 5.27. The number of hydrogen-bond donors (Lipinski definition) is 0. The summed E-state index contributed by atoms with van der Waals surface area (Å²) in [6, 6.07) is 11.7. The number of nitrogens with zero attached hydrogens (tertiary/aromatic N) is 1. The smallest absolute Gasteiger partial charge is 0.248 e. The summed E-state index contributed by atoms with van der Waals surface area (Å²) in [7, 11) is -3.72. The highest BCUT2D eigenvalue weighted by molar-refractivity contribution is 7.92. The van der Waals surface area contributed by atoms with Crippen LogP contribution in [-0.2, 0) is 21.2 Å². The van der Waals surface area contributed by atoms with Gasteiger partial charge in [0, 0.05) is 25.4 Å². The molecule has 36 heavy (non-hydrogen) atoms. The summed E-state index contributed by atoms with van der Waals surface area (Å²) in [5, 5.41) is -0.822. The van der Waals surface area contributed by atoms with Crippen LogP contribution < -0.4 is 9.47 Å². The first-order chi connectivity index (χ1) is 17.1. The van der Waals surface area contributed by atoms with Crippen molar-refractivity contribution in [2.75, 3.05) is 6.79 Å². The van der Waals surface area contributed by atoms with Crippen molar-refractivity contribution in [2.45, 2.75) is 80.5 Å². The quantitative estimate of drug-likeness (QED) is 0.520. The predicted molar refractivity (Wildman–Crippen MR) is 130 cm³/mol. The lowest BCUT2D eigenvalue weighted by Crippen LogP contribution is -2.48. The van der Waals surface area contributed by atoms with E-state index in [0.717, 1.165) is 11.1 Å². The summed E-state index contributed by atoms with van der Waals surface area (Å²) in [5.74, 6) is -2.49. The molecule has 0 saturated heterocycles. The molecule has 1 amide bonds. The molecule has 2 aromatic carbocycles. The molecule has 2 aliphatic carbocycles. The molecule has 2 saturated carbocycles. The average molecular weight is 520 g/mol. The largest absolute Gasteiger partial charge is 0.454 e. The molecule has 0 bridgehead atoms. The number of ether oxygens (including phenoxy) is 2. The van der Waals surface area contributed by atoms with Gasteiger partial charge in [0.05, 0.1) is 16.1 Å². The van der Waals surface area contributed by atoms with E-state index >= 15 is 0 Å². The highest BCUT2D eigenvalue weighted by Crippen LogP contribution is 2.40. The van der Waals surface area contributed by atoms with Crippen LogP contribution in [-0.4, -0.2) is 43.2 Å². The van der Waals surface area contributed by atoms with E-state index in [-0.39, 0.29) is 55.9 Å². The number of hydrogen-bond acceptors (Lipinski definition) is 5. The lowest BCUT2D eigenvalue weighted by molar-refractivity contribution is -0.141. The Morgan fingerprint density at radius 2 is 1.69 bits per heavy atom. The Bertz CT molecular complexity index is 1220. The molecule has 3 aliphatic rings. The summed E-state index contributed by atoms with van der Waals surface area (Å²) in [4.78, 5) is 15.9. The first-order valence-corrected chi connectivity index (χ1v) is 14.1. The molecule has 194 valence electrons. The third-order valence-corrected chi connectivity index (χ3v) is 10.0. The Labute approximate surface area is 210 Å². The SMILES string of the molecule is Cc1ccc(S(=O)(=O)[C@H]2CCC[C@@H]2C(=O)N(Cc2ccc3c(c2)OCO3)C2CCC(F)(F)CC2)cc1. The second kappa shape index (κ2) is 9.65. The van der Waals surface area contributed by atoms with E-state index in [1.54, 1.807) is 41.3 Å². The summed E-state index contributed by atoms with van der Waals surface area (Å²) < 4.78 is 65.8. The molecule has 1 heterocycles. The van der Waals surface area contributed by atoms with Crippen LogP contribution >= 0.6 is 0 Å². The van der Waals surface area contributed by atoms with E-state index in [1.165, 1.54) is 0 Å². The third-order valence-electron chi connectivity index (χ3n) is 7.72. The third kappa shape index (κ3) is 4.94. The van der Waals surface area contributed by atoms with E-state index in [0.29, 0.717) is 30.8 Å². The number of rotatable bonds is 6. The molecule has 0 aromatic heterocycles. The second-order valence-electron chi connectivity index (χ2n) is 10.2. The minimum atomic E-state index is -3.72. The molecule has 0 N–H and O–H groups in total. The summed E-state index contributed by atoms with van der Waals surface area (Å²) >= 11 is 0. The number of halogens is 2. The van der Waals surface area contributed by atoms with Crippen molar-refractivity contribution < 1.29 is 31.5 Å². The van der Waals surface area contributed by atoms with Gasteiger partial charge in [-0.3, -0.25) is 4.79 Å². The van der Waals surface area contributed by atoms with Crippen LogP contribution in [0, 0.1) is 12.8 Å². The zero-order chi connectivity index (χ0) is 25.5. The van der Waals surface area contributed by atoms with E-state index in [9.17, 15) is 22.0 Å². The molecule has 2 atom stereocenters. The fraction of sp³-hybridized carbons (Fsp3) is 0.519. The molecule has 2 fully saturated rings. The van der Waals surface area contributed by atoms with Gasteiger partial charge in [0.2, 0.25) is 18.6 Å². The number of carbonyl (C=O) groups excluding carboxylic acids is 1.